The zero-order chi connectivity index (χ0) is 22.3. The summed E-state index contributed by atoms with van der Waals surface area (Å²) in [5, 5.41) is 0.601. The molecule has 4 aromatic rings. The lowest BCUT2D eigenvalue weighted by molar-refractivity contribution is -0.131. The number of hydrogen-bond donors (Lipinski definition) is 1. The number of likely N-dealkylation sites (tertiary alicyclic amines) is 1. The van der Waals surface area contributed by atoms with Crippen LogP contribution in [0.2, 0.25) is 0 Å². The van der Waals surface area contributed by atoms with Crippen molar-refractivity contribution in [1.29, 1.82) is 0 Å². The third-order valence-electron chi connectivity index (χ3n) is 7.67. The molecular formula is C25H26N6O2. The molecule has 5 heterocycles. The number of carbonyl (C=O) groups is 1. The minimum Gasteiger partial charge on any atom is -0.342 e. The lowest BCUT2D eigenvalue weighted by Crippen LogP contribution is -2.34. The summed E-state index contributed by atoms with van der Waals surface area (Å²) < 4.78 is 2.04. The van der Waals surface area contributed by atoms with Gasteiger partial charge in [0.25, 0.3) is 0 Å². The van der Waals surface area contributed by atoms with Gasteiger partial charge in [-0.05, 0) is 31.4 Å². The first-order valence-electron chi connectivity index (χ1n) is 12.0. The van der Waals surface area contributed by atoms with Gasteiger partial charge in [0, 0.05) is 50.0 Å². The number of amides is 1. The SMILES string of the molecule is CCc1nc(N2CC3CN(C(=O)C4CC4)CC3C2)nc2c1c(=O)cc1[nH]c3ccccc3n12. The van der Waals surface area contributed by atoms with Crippen LogP contribution in [0.3, 0.4) is 0 Å². The molecule has 2 unspecified atom stereocenters. The van der Waals surface area contributed by atoms with Gasteiger partial charge in [-0.3, -0.25) is 14.0 Å². The highest BCUT2D eigenvalue weighted by atomic mass is 16.2. The van der Waals surface area contributed by atoms with E-state index in [1.807, 2.05) is 35.6 Å². The Morgan fingerprint density at radius 1 is 1.09 bits per heavy atom. The van der Waals surface area contributed by atoms with E-state index in [0.717, 1.165) is 61.4 Å². The number of nitrogens with one attached hydrogen (secondary N) is 1. The zero-order valence-electron chi connectivity index (χ0n) is 18.6. The summed E-state index contributed by atoms with van der Waals surface area (Å²) in [6, 6.07) is 9.69. The maximum Gasteiger partial charge on any atom is 0.227 e. The van der Waals surface area contributed by atoms with Crippen molar-refractivity contribution >= 4 is 39.6 Å². The van der Waals surface area contributed by atoms with E-state index in [0.29, 0.717) is 41.1 Å². The van der Waals surface area contributed by atoms with Gasteiger partial charge < -0.3 is 14.8 Å². The van der Waals surface area contributed by atoms with E-state index in [1.165, 1.54) is 0 Å². The van der Waals surface area contributed by atoms with Gasteiger partial charge in [0.05, 0.1) is 22.1 Å². The van der Waals surface area contributed by atoms with Gasteiger partial charge in [0.15, 0.2) is 11.1 Å². The number of anilines is 1. The standard InChI is InChI=1S/C25H26N6O2/c1-2-17-22-20(32)9-21-26-18-5-3-4-6-19(18)31(21)23(22)28-25(27-17)30-12-15-10-29(11-16(15)13-30)24(33)14-7-8-14/h3-6,9,14-16,26H,2,7-8,10-13H2,1H3. The molecule has 8 heteroatoms. The molecule has 2 atom stereocenters. The van der Waals surface area contributed by atoms with E-state index in [-0.39, 0.29) is 11.3 Å². The molecular weight excluding hydrogens is 416 g/mol. The van der Waals surface area contributed by atoms with Gasteiger partial charge in [-0.1, -0.05) is 19.1 Å². The summed E-state index contributed by atoms with van der Waals surface area (Å²) in [4.78, 5) is 43.1. The van der Waals surface area contributed by atoms with E-state index >= 15 is 0 Å². The number of aromatic nitrogens is 4. The van der Waals surface area contributed by atoms with Crippen LogP contribution in [0.25, 0.3) is 27.7 Å². The van der Waals surface area contributed by atoms with Crippen molar-refractivity contribution in [2.45, 2.75) is 26.2 Å². The first-order chi connectivity index (χ1) is 16.1. The minimum absolute atomic E-state index is 0.0486. The Balaban J connectivity index is 1.31. The smallest absolute Gasteiger partial charge is 0.227 e. The Morgan fingerprint density at radius 2 is 1.85 bits per heavy atom. The van der Waals surface area contributed by atoms with Gasteiger partial charge in [0.1, 0.15) is 5.65 Å². The fourth-order valence-corrected chi connectivity index (χ4v) is 5.84. The molecule has 1 N–H and O–H groups in total. The molecule has 3 aromatic heterocycles. The Bertz CT molecular complexity index is 1490. The van der Waals surface area contributed by atoms with E-state index in [9.17, 15) is 9.59 Å². The number of H-pyrrole nitrogens is 1. The third kappa shape index (κ3) is 2.82. The van der Waals surface area contributed by atoms with E-state index in [1.54, 1.807) is 6.07 Å². The molecule has 0 radical (unpaired) electrons. The molecule has 1 saturated carbocycles. The molecule has 8 nitrogen and oxygen atoms in total. The number of imidazole rings is 1. The van der Waals surface area contributed by atoms with Gasteiger partial charge in [-0.25, -0.2) is 4.98 Å². The van der Waals surface area contributed by atoms with Crippen LogP contribution in [0.15, 0.2) is 35.1 Å². The number of benzene rings is 1. The molecule has 2 aliphatic heterocycles. The maximum absolute atomic E-state index is 13.0. The van der Waals surface area contributed by atoms with Crippen LogP contribution in [0.5, 0.6) is 0 Å². The molecule has 7 rings (SSSR count). The zero-order valence-corrected chi connectivity index (χ0v) is 18.6. The summed E-state index contributed by atoms with van der Waals surface area (Å²) in [7, 11) is 0. The fraction of sp³-hybridized carbons (Fsp3) is 0.440. The van der Waals surface area contributed by atoms with Gasteiger partial charge >= 0.3 is 0 Å². The normalized spacial score (nSPS) is 22.7. The van der Waals surface area contributed by atoms with Crippen LogP contribution in [0.1, 0.15) is 25.5 Å². The summed E-state index contributed by atoms with van der Waals surface area (Å²) in [6.07, 6.45) is 2.78. The Morgan fingerprint density at radius 3 is 2.58 bits per heavy atom. The number of para-hydroxylation sites is 2. The van der Waals surface area contributed by atoms with Crippen LogP contribution >= 0.6 is 0 Å². The quantitative estimate of drug-likeness (QED) is 0.527. The number of rotatable bonds is 3. The first kappa shape index (κ1) is 19.1. The molecule has 1 aliphatic carbocycles. The van der Waals surface area contributed by atoms with Crippen molar-refractivity contribution in [2.24, 2.45) is 17.8 Å². The predicted molar refractivity (Wildman–Crippen MR) is 126 cm³/mol. The van der Waals surface area contributed by atoms with Crippen molar-refractivity contribution in [1.82, 2.24) is 24.3 Å². The summed E-state index contributed by atoms with van der Waals surface area (Å²) in [6.45, 7) is 5.43. The van der Waals surface area contributed by atoms with Crippen molar-refractivity contribution in [3.8, 4) is 0 Å². The Labute approximate surface area is 190 Å². The maximum atomic E-state index is 13.0. The van der Waals surface area contributed by atoms with E-state index < -0.39 is 0 Å². The summed E-state index contributed by atoms with van der Waals surface area (Å²) in [5.74, 6) is 2.26. The average Bonchev–Trinajstić information content (AvgIpc) is 3.32. The summed E-state index contributed by atoms with van der Waals surface area (Å²) in [5.41, 5.74) is 4.12. The van der Waals surface area contributed by atoms with Crippen molar-refractivity contribution < 1.29 is 4.79 Å². The third-order valence-corrected chi connectivity index (χ3v) is 7.67. The number of aromatic amines is 1. The highest BCUT2D eigenvalue weighted by Gasteiger charge is 2.45. The van der Waals surface area contributed by atoms with Crippen LogP contribution in [0, 0.1) is 17.8 Å². The molecule has 168 valence electrons. The van der Waals surface area contributed by atoms with Crippen LogP contribution in [-0.2, 0) is 11.2 Å². The second-order valence-electron chi connectivity index (χ2n) is 9.84. The highest BCUT2D eigenvalue weighted by molar-refractivity contribution is 5.90. The fourth-order valence-electron chi connectivity index (χ4n) is 5.84. The molecule has 33 heavy (non-hydrogen) atoms. The molecule has 2 saturated heterocycles. The first-order valence-corrected chi connectivity index (χ1v) is 12.0. The number of nitrogens with zero attached hydrogens (tertiary/aromatic N) is 5. The van der Waals surface area contributed by atoms with E-state index in [2.05, 4.69) is 14.8 Å². The lowest BCUT2D eigenvalue weighted by atomic mass is 10.0. The van der Waals surface area contributed by atoms with Crippen LogP contribution in [-0.4, -0.2) is 56.3 Å². The topological polar surface area (TPSA) is 86.6 Å². The highest BCUT2D eigenvalue weighted by Crippen LogP contribution is 2.37. The molecule has 1 aromatic carbocycles. The number of pyridine rings is 1. The van der Waals surface area contributed by atoms with Crippen LogP contribution < -0.4 is 10.3 Å². The molecule has 3 aliphatic rings. The predicted octanol–water partition coefficient (Wildman–Crippen LogP) is 2.59. The van der Waals surface area contributed by atoms with Gasteiger partial charge in [0.2, 0.25) is 11.9 Å². The minimum atomic E-state index is -0.0486. The van der Waals surface area contributed by atoms with Crippen molar-refractivity contribution in [3.05, 3.63) is 46.2 Å². The second kappa shape index (κ2) is 6.79. The van der Waals surface area contributed by atoms with Gasteiger partial charge in [-0.15, -0.1) is 0 Å². The van der Waals surface area contributed by atoms with Crippen molar-refractivity contribution in [3.63, 3.8) is 0 Å². The molecule has 0 spiro atoms. The van der Waals surface area contributed by atoms with Crippen molar-refractivity contribution in [2.75, 3.05) is 31.1 Å². The molecule has 1 amide bonds. The van der Waals surface area contributed by atoms with Crippen LogP contribution in [0.4, 0.5) is 5.95 Å². The largest absolute Gasteiger partial charge is 0.342 e. The lowest BCUT2D eigenvalue weighted by Gasteiger charge is -2.22. The second-order valence-corrected chi connectivity index (χ2v) is 9.84. The molecule has 0 bridgehead atoms. The number of fused-ring (bicyclic) bond motifs is 6. The summed E-state index contributed by atoms with van der Waals surface area (Å²) >= 11 is 0. The Hall–Kier alpha value is -3.42. The van der Waals surface area contributed by atoms with Gasteiger partial charge in [-0.2, -0.15) is 4.98 Å². The number of aryl methyl sites for hydroxylation is 1. The average molecular weight is 443 g/mol. The van der Waals surface area contributed by atoms with E-state index in [4.69, 9.17) is 9.97 Å². The number of carbonyl (C=O) groups excluding carboxylic acids is 1. The monoisotopic (exact) mass is 442 g/mol. The molecule has 3 fully saturated rings. The number of hydrogen-bond acceptors (Lipinski definition) is 5. The Kier molecular flexibility index (Phi) is 3.93.